The van der Waals surface area contributed by atoms with E-state index in [1.165, 1.54) is 12.8 Å². The quantitative estimate of drug-likeness (QED) is 0.582. The SMILES string of the molecule is CCC(=O)C(C)CC.CCC(C)(C)C(C)=O.O=C1CCCCCC1. The summed E-state index contributed by atoms with van der Waals surface area (Å²) in [5.41, 5.74) is -0.0972. The number of carbonyl (C=O) groups is 3. The fourth-order valence-corrected chi connectivity index (χ4v) is 1.95. The molecule has 1 aliphatic rings. The van der Waals surface area contributed by atoms with Gasteiger partial charge in [0.25, 0.3) is 0 Å². The minimum atomic E-state index is -0.0972. The van der Waals surface area contributed by atoms with E-state index in [1.807, 2.05) is 41.5 Å². The van der Waals surface area contributed by atoms with Crippen LogP contribution in [0.4, 0.5) is 0 Å². The minimum Gasteiger partial charge on any atom is -0.300 e. The molecule has 1 saturated carbocycles. The average molecular weight is 341 g/mol. The predicted molar refractivity (Wildman–Crippen MR) is 102 cm³/mol. The van der Waals surface area contributed by atoms with Gasteiger partial charge in [-0.25, -0.2) is 0 Å². The van der Waals surface area contributed by atoms with Crippen molar-refractivity contribution in [3.8, 4) is 0 Å². The Morgan fingerprint density at radius 2 is 1.46 bits per heavy atom. The highest BCUT2D eigenvalue weighted by Crippen LogP contribution is 2.19. The maximum Gasteiger partial charge on any atom is 0.135 e. The fourth-order valence-electron chi connectivity index (χ4n) is 1.95. The smallest absolute Gasteiger partial charge is 0.135 e. The van der Waals surface area contributed by atoms with Crippen molar-refractivity contribution in [3.05, 3.63) is 0 Å². The van der Waals surface area contributed by atoms with E-state index in [9.17, 15) is 14.4 Å². The molecular weight excluding hydrogens is 300 g/mol. The van der Waals surface area contributed by atoms with E-state index in [2.05, 4.69) is 0 Å². The molecule has 0 bridgehead atoms. The molecular formula is C21H40O3. The highest BCUT2D eigenvalue weighted by atomic mass is 16.1. The van der Waals surface area contributed by atoms with Gasteiger partial charge in [-0.05, 0) is 32.6 Å². The molecule has 0 amide bonds. The zero-order chi connectivity index (χ0) is 19.2. The van der Waals surface area contributed by atoms with Gasteiger partial charge in [-0.2, -0.15) is 0 Å². The summed E-state index contributed by atoms with van der Waals surface area (Å²) in [6, 6.07) is 0. The largest absolute Gasteiger partial charge is 0.300 e. The van der Waals surface area contributed by atoms with E-state index in [1.54, 1.807) is 6.92 Å². The topological polar surface area (TPSA) is 51.2 Å². The highest BCUT2D eigenvalue weighted by Gasteiger charge is 2.19. The van der Waals surface area contributed by atoms with Crippen molar-refractivity contribution in [2.24, 2.45) is 11.3 Å². The van der Waals surface area contributed by atoms with Gasteiger partial charge in [0.15, 0.2) is 0 Å². The van der Waals surface area contributed by atoms with Gasteiger partial charge in [-0.1, -0.05) is 54.4 Å². The third-order valence-electron chi connectivity index (χ3n) is 5.01. The molecule has 0 aromatic carbocycles. The average Bonchev–Trinajstić information content (AvgIpc) is 2.81. The van der Waals surface area contributed by atoms with Gasteiger partial charge in [0.1, 0.15) is 17.3 Å². The second-order valence-corrected chi connectivity index (χ2v) is 7.38. The summed E-state index contributed by atoms with van der Waals surface area (Å²) in [5, 5.41) is 0. The summed E-state index contributed by atoms with van der Waals surface area (Å²) in [6.07, 6.45) is 9.11. The highest BCUT2D eigenvalue weighted by molar-refractivity contribution is 5.81. The molecule has 1 unspecified atom stereocenters. The molecule has 0 N–H and O–H groups in total. The molecule has 0 heterocycles. The summed E-state index contributed by atoms with van der Waals surface area (Å²) in [4.78, 5) is 32.1. The van der Waals surface area contributed by atoms with Gasteiger partial charge in [0.05, 0.1) is 0 Å². The molecule has 0 radical (unpaired) electrons. The van der Waals surface area contributed by atoms with Gasteiger partial charge >= 0.3 is 0 Å². The van der Waals surface area contributed by atoms with Crippen LogP contribution in [0.25, 0.3) is 0 Å². The van der Waals surface area contributed by atoms with Gasteiger partial charge in [-0.15, -0.1) is 0 Å². The number of carbonyl (C=O) groups excluding carboxylic acids is 3. The number of hydrogen-bond acceptors (Lipinski definition) is 3. The third-order valence-corrected chi connectivity index (χ3v) is 5.01. The first-order valence-electron chi connectivity index (χ1n) is 9.67. The summed E-state index contributed by atoms with van der Waals surface area (Å²) in [7, 11) is 0. The zero-order valence-electron chi connectivity index (χ0n) is 17.2. The van der Waals surface area contributed by atoms with Crippen LogP contribution in [0.2, 0.25) is 0 Å². The second kappa shape index (κ2) is 14.4. The van der Waals surface area contributed by atoms with Crippen LogP contribution in [0.5, 0.6) is 0 Å². The van der Waals surface area contributed by atoms with Crippen molar-refractivity contribution in [1.82, 2.24) is 0 Å². The van der Waals surface area contributed by atoms with E-state index in [-0.39, 0.29) is 17.1 Å². The van der Waals surface area contributed by atoms with Crippen LogP contribution in [0.15, 0.2) is 0 Å². The Morgan fingerprint density at radius 3 is 1.67 bits per heavy atom. The van der Waals surface area contributed by atoms with E-state index in [0.29, 0.717) is 18.0 Å². The maximum atomic E-state index is 10.7. The molecule has 142 valence electrons. The third kappa shape index (κ3) is 13.4. The Labute approximate surface area is 150 Å². The molecule has 1 aliphatic carbocycles. The van der Waals surface area contributed by atoms with E-state index < -0.39 is 0 Å². The molecule has 0 spiro atoms. The predicted octanol–water partition coefficient (Wildman–Crippen LogP) is 5.93. The van der Waals surface area contributed by atoms with Gasteiger partial charge < -0.3 is 0 Å². The van der Waals surface area contributed by atoms with Crippen LogP contribution in [0.1, 0.15) is 106 Å². The Balaban J connectivity index is 0. The monoisotopic (exact) mass is 340 g/mol. The number of rotatable bonds is 5. The normalized spacial score (nSPS) is 15.9. The van der Waals surface area contributed by atoms with Gasteiger partial charge in [0.2, 0.25) is 0 Å². The van der Waals surface area contributed by atoms with Crippen molar-refractivity contribution in [2.45, 2.75) is 106 Å². The molecule has 1 rings (SSSR count). The van der Waals surface area contributed by atoms with Crippen LogP contribution >= 0.6 is 0 Å². The summed E-state index contributed by atoms with van der Waals surface area (Å²) < 4.78 is 0. The molecule has 1 atom stereocenters. The molecule has 3 nitrogen and oxygen atoms in total. The van der Waals surface area contributed by atoms with Crippen molar-refractivity contribution >= 4 is 17.3 Å². The van der Waals surface area contributed by atoms with E-state index in [4.69, 9.17) is 0 Å². The number of Topliss-reactive ketones (excluding diaryl/α,β-unsaturated/α-hetero) is 3. The van der Waals surface area contributed by atoms with Crippen LogP contribution < -0.4 is 0 Å². The summed E-state index contributed by atoms with van der Waals surface area (Å²) in [5.74, 6) is 1.41. The Kier molecular flexibility index (Phi) is 15.1. The molecule has 1 fully saturated rings. The minimum absolute atomic E-state index is 0.0972. The maximum absolute atomic E-state index is 10.7. The standard InChI is InChI=1S/C7H12O.2C7H14O/c8-7-5-3-1-2-4-6-7;1-5-7(3,4)6(2)8;1-4-6(3)7(8)5-2/h1-6H2;5H2,1-4H3;6H,4-5H2,1-3H3. The first kappa shape index (κ1) is 25.3. The lowest BCUT2D eigenvalue weighted by molar-refractivity contribution is -0.125. The van der Waals surface area contributed by atoms with Gasteiger partial charge in [0, 0.05) is 30.6 Å². The lowest BCUT2D eigenvalue weighted by Gasteiger charge is -2.17. The molecule has 0 aliphatic heterocycles. The second-order valence-electron chi connectivity index (χ2n) is 7.38. The summed E-state index contributed by atoms with van der Waals surface area (Å²) >= 11 is 0. The first-order valence-corrected chi connectivity index (χ1v) is 9.67. The van der Waals surface area contributed by atoms with E-state index >= 15 is 0 Å². The first-order chi connectivity index (χ1) is 11.1. The summed E-state index contributed by atoms with van der Waals surface area (Å²) in [6.45, 7) is 13.5. The van der Waals surface area contributed by atoms with Crippen LogP contribution in [0, 0.1) is 11.3 Å². The zero-order valence-corrected chi connectivity index (χ0v) is 17.2. The van der Waals surface area contributed by atoms with Crippen LogP contribution in [-0.2, 0) is 14.4 Å². The van der Waals surface area contributed by atoms with Crippen LogP contribution in [0.3, 0.4) is 0 Å². The Hall–Kier alpha value is -0.990. The molecule has 0 aromatic heterocycles. The van der Waals surface area contributed by atoms with Gasteiger partial charge in [-0.3, -0.25) is 14.4 Å². The molecule has 0 saturated heterocycles. The lowest BCUT2D eigenvalue weighted by atomic mass is 9.86. The van der Waals surface area contributed by atoms with Crippen molar-refractivity contribution < 1.29 is 14.4 Å². The fraction of sp³-hybridized carbons (Fsp3) is 0.857. The molecule has 24 heavy (non-hydrogen) atoms. The number of ketones is 3. The Morgan fingerprint density at radius 1 is 1.00 bits per heavy atom. The van der Waals surface area contributed by atoms with Crippen molar-refractivity contribution in [3.63, 3.8) is 0 Å². The lowest BCUT2D eigenvalue weighted by Crippen LogP contribution is -2.19. The molecule has 0 aromatic rings. The van der Waals surface area contributed by atoms with E-state index in [0.717, 1.165) is 38.5 Å². The van der Waals surface area contributed by atoms with Crippen molar-refractivity contribution in [2.75, 3.05) is 0 Å². The number of hydrogen-bond donors (Lipinski definition) is 0. The van der Waals surface area contributed by atoms with Crippen LogP contribution in [-0.4, -0.2) is 17.3 Å². The van der Waals surface area contributed by atoms with Crippen molar-refractivity contribution in [1.29, 1.82) is 0 Å². The Bertz CT molecular complexity index is 357. The molecule has 3 heteroatoms.